The molecule has 1 aromatic rings. The summed E-state index contributed by atoms with van der Waals surface area (Å²) < 4.78 is 0.909. The Bertz CT molecular complexity index is 326. The highest BCUT2D eigenvalue weighted by Crippen LogP contribution is 2.33. The molecule has 0 aromatic heterocycles. The number of anilines is 2. The van der Waals surface area contributed by atoms with E-state index in [2.05, 4.69) is 36.7 Å². The summed E-state index contributed by atoms with van der Waals surface area (Å²) in [7, 11) is 0. The first-order chi connectivity index (χ1) is 5.82. The molecule has 0 heterocycles. The first kappa shape index (κ1) is 10.4. The van der Waals surface area contributed by atoms with E-state index in [9.17, 15) is 0 Å². The zero-order valence-corrected chi connectivity index (χ0v) is 9.77. The summed E-state index contributed by atoms with van der Waals surface area (Å²) in [6.07, 6.45) is 0. The standard InChI is InChI=1S/C10H15BrN2/c1-10(2,3)6-4-7(11)9(13)5-8(6)12/h4-5H,12-13H2,1-3H3. The molecule has 0 spiro atoms. The molecule has 0 saturated heterocycles. The smallest absolute Gasteiger partial charge is 0.0479 e. The number of rotatable bonds is 0. The van der Waals surface area contributed by atoms with Gasteiger partial charge in [0.1, 0.15) is 0 Å². The third kappa shape index (κ3) is 2.15. The maximum atomic E-state index is 5.88. The molecular formula is C10H15BrN2. The lowest BCUT2D eigenvalue weighted by Gasteiger charge is -2.22. The lowest BCUT2D eigenvalue weighted by molar-refractivity contribution is 0.592. The molecule has 0 atom stereocenters. The summed E-state index contributed by atoms with van der Waals surface area (Å²) in [5.74, 6) is 0. The normalized spacial score (nSPS) is 11.7. The van der Waals surface area contributed by atoms with E-state index in [1.807, 2.05) is 6.07 Å². The van der Waals surface area contributed by atoms with Crippen LogP contribution in [0, 0.1) is 0 Å². The van der Waals surface area contributed by atoms with Crippen LogP contribution in [0.3, 0.4) is 0 Å². The summed E-state index contributed by atoms with van der Waals surface area (Å²) in [5, 5.41) is 0. The summed E-state index contributed by atoms with van der Waals surface area (Å²) >= 11 is 3.39. The fraction of sp³-hybridized carbons (Fsp3) is 0.400. The minimum Gasteiger partial charge on any atom is -0.398 e. The van der Waals surface area contributed by atoms with Crippen LogP contribution in [0.2, 0.25) is 0 Å². The molecule has 13 heavy (non-hydrogen) atoms. The Morgan fingerprint density at radius 1 is 1.08 bits per heavy atom. The van der Waals surface area contributed by atoms with E-state index in [4.69, 9.17) is 11.5 Å². The molecule has 0 saturated carbocycles. The van der Waals surface area contributed by atoms with Gasteiger partial charge >= 0.3 is 0 Å². The second-order valence-electron chi connectivity index (χ2n) is 4.21. The first-order valence-electron chi connectivity index (χ1n) is 4.17. The van der Waals surface area contributed by atoms with Crippen LogP contribution in [0.1, 0.15) is 26.3 Å². The van der Waals surface area contributed by atoms with Gasteiger partial charge in [0.05, 0.1) is 0 Å². The molecule has 0 fully saturated rings. The average molecular weight is 243 g/mol. The number of benzene rings is 1. The fourth-order valence-corrected chi connectivity index (χ4v) is 1.60. The van der Waals surface area contributed by atoms with Gasteiger partial charge in [0.15, 0.2) is 0 Å². The van der Waals surface area contributed by atoms with Crippen LogP contribution in [0.25, 0.3) is 0 Å². The molecular weight excluding hydrogens is 228 g/mol. The second kappa shape index (κ2) is 3.22. The molecule has 0 unspecified atom stereocenters. The van der Waals surface area contributed by atoms with Gasteiger partial charge in [-0.3, -0.25) is 0 Å². The summed E-state index contributed by atoms with van der Waals surface area (Å²) in [6, 6.07) is 3.79. The number of halogens is 1. The van der Waals surface area contributed by atoms with E-state index in [0.717, 1.165) is 15.7 Å². The molecule has 1 aromatic carbocycles. The number of hydrogen-bond acceptors (Lipinski definition) is 2. The largest absolute Gasteiger partial charge is 0.398 e. The summed E-state index contributed by atoms with van der Waals surface area (Å²) in [6.45, 7) is 6.38. The molecule has 0 radical (unpaired) electrons. The van der Waals surface area contributed by atoms with Gasteiger partial charge in [-0.05, 0) is 39.0 Å². The predicted octanol–water partition coefficient (Wildman–Crippen LogP) is 2.91. The van der Waals surface area contributed by atoms with Gasteiger partial charge in [-0.15, -0.1) is 0 Å². The van der Waals surface area contributed by atoms with Crippen molar-refractivity contribution in [2.45, 2.75) is 26.2 Å². The van der Waals surface area contributed by atoms with Crippen LogP contribution in [0.5, 0.6) is 0 Å². The molecule has 0 aliphatic carbocycles. The quantitative estimate of drug-likeness (QED) is 0.688. The van der Waals surface area contributed by atoms with Crippen LogP contribution < -0.4 is 11.5 Å². The molecule has 0 amide bonds. The van der Waals surface area contributed by atoms with Gasteiger partial charge < -0.3 is 11.5 Å². The number of nitrogens with two attached hydrogens (primary N) is 2. The van der Waals surface area contributed by atoms with Gasteiger partial charge in [-0.25, -0.2) is 0 Å². The Balaban J connectivity index is 3.32. The fourth-order valence-electron chi connectivity index (χ4n) is 1.26. The number of nitrogen functional groups attached to an aromatic ring is 2. The minimum atomic E-state index is 0.0559. The average Bonchev–Trinajstić information content (AvgIpc) is 1.94. The van der Waals surface area contributed by atoms with E-state index in [0.29, 0.717) is 5.69 Å². The molecule has 2 nitrogen and oxygen atoms in total. The molecule has 1 rings (SSSR count). The molecule has 4 N–H and O–H groups in total. The van der Waals surface area contributed by atoms with Gasteiger partial charge in [-0.2, -0.15) is 0 Å². The van der Waals surface area contributed by atoms with Crippen molar-refractivity contribution < 1.29 is 0 Å². The van der Waals surface area contributed by atoms with Crippen LogP contribution in [0.4, 0.5) is 11.4 Å². The maximum absolute atomic E-state index is 5.88. The van der Waals surface area contributed by atoms with Crippen molar-refractivity contribution in [1.29, 1.82) is 0 Å². The second-order valence-corrected chi connectivity index (χ2v) is 5.07. The van der Waals surface area contributed by atoms with Gasteiger partial charge in [0, 0.05) is 15.8 Å². The molecule has 72 valence electrons. The third-order valence-corrected chi connectivity index (χ3v) is 2.66. The van der Waals surface area contributed by atoms with E-state index in [-0.39, 0.29) is 5.41 Å². The monoisotopic (exact) mass is 242 g/mol. The summed E-state index contributed by atoms with van der Waals surface area (Å²) in [5.41, 5.74) is 14.2. The van der Waals surface area contributed by atoms with Crippen molar-refractivity contribution in [2.75, 3.05) is 11.5 Å². The minimum absolute atomic E-state index is 0.0559. The highest BCUT2D eigenvalue weighted by atomic mass is 79.9. The summed E-state index contributed by atoms with van der Waals surface area (Å²) in [4.78, 5) is 0. The van der Waals surface area contributed by atoms with Crippen LogP contribution >= 0.6 is 15.9 Å². The van der Waals surface area contributed by atoms with E-state index >= 15 is 0 Å². The van der Waals surface area contributed by atoms with Gasteiger partial charge in [-0.1, -0.05) is 20.8 Å². The zero-order valence-electron chi connectivity index (χ0n) is 8.19. The van der Waals surface area contributed by atoms with Crippen molar-refractivity contribution in [2.24, 2.45) is 0 Å². The Morgan fingerprint density at radius 2 is 1.62 bits per heavy atom. The van der Waals surface area contributed by atoms with E-state index in [1.165, 1.54) is 0 Å². The third-order valence-electron chi connectivity index (χ3n) is 1.98. The van der Waals surface area contributed by atoms with Crippen LogP contribution in [0.15, 0.2) is 16.6 Å². The van der Waals surface area contributed by atoms with Crippen molar-refractivity contribution in [3.8, 4) is 0 Å². The first-order valence-corrected chi connectivity index (χ1v) is 4.96. The SMILES string of the molecule is CC(C)(C)c1cc(Br)c(N)cc1N. The zero-order chi connectivity index (χ0) is 10.2. The van der Waals surface area contributed by atoms with Crippen molar-refractivity contribution in [1.82, 2.24) is 0 Å². The van der Waals surface area contributed by atoms with Gasteiger partial charge in [0.2, 0.25) is 0 Å². The van der Waals surface area contributed by atoms with Crippen molar-refractivity contribution >= 4 is 27.3 Å². The van der Waals surface area contributed by atoms with E-state index in [1.54, 1.807) is 6.07 Å². The van der Waals surface area contributed by atoms with Crippen LogP contribution in [-0.2, 0) is 5.41 Å². The Kier molecular flexibility index (Phi) is 2.57. The molecule has 0 aliphatic heterocycles. The maximum Gasteiger partial charge on any atom is 0.0479 e. The molecule has 0 aliphatic rings. The topological polar surface area (TPSA) is 52.0 Å². The molecule has 3 heteroatoms. The van der Waals surface area contributed by atoms with E-state index < -0.39 is 0 Å². The van der Waals surface area contributed by atoms with Crippen molar-refractivity contribution in [3.05, 3.63) is 22.2 Å². The van der Waals surface area contributed by atoms with Crippen LogP contribution in [-0.4, -0.2) is 0 Å². The van der Waals surface area contributed by atoms with Crippen molar-refractivity contribution in [3.63, 3.8) is 0 Å². The Hall–Kier alpha value is -0.700. The van der Waals surface area contributed by atoms with Gasteiger partial charge in [0.25, 0.3) is 0 Å². The lowest BCUT2D eigenvalue weighted by Crippen LogP contribution is -2.14. The Morgan fingerprint density at radius 3 is 2.08 bits per heavy atom. The molecule has 0 bridgehead atoms. The predicted molar refractivity (Wildman–Crippen MR) is 61.7 cm³/mol. The highest BCUT2D eigenvalue weighted by Gasteiger charge is 2.17. The lowest BCUT2D eigenvalue weighted by atomic mass is 9.86. The number of hydrogen-bond donors (Lipinski definition) is 2. The Labute approximate surface area is 87.4 Å². The highest BCUT2D eigenvalue weighted by molar-refractivity contribution is 9.10.